The number of hydrogen-bond acceptors (Lipinski definition) is 2. The van der Waals surface area contributed by atoms with Crippen molar-refractivity contribution in [2.24, 2.45) is 0 Å². The van der Waals surface area contributed by atoms with Crippen LogP contribution in [0.2, 0.25) is 0 Å². The highest BCUT2D eigenvalue weighted by Gasteiger charge is 2.02. The fourth-order valence-corrected chi connectivity index (χ4v) is 1.65. The molecule has 15 heavy (non-hydrogen) atoms. The Morgan fingerprint density at radius 3 is 2.60 bits per heavy atom. The summed E-state index contributed by atoms with van der Waals surface area (Å²) in [5.74, 6) is 0. The number of hydrogen-bond donors (Lipinski definition) is 0. The molecule has 2 heterocycles. The van der Waals surface area contributed by atoms with Crippen LogP contribution >= 0.6 is 0 Å². The predicted molar refractivity (Wildman–Crippen MR) is 60.7 cm³/mol. The summed E-state index contributed by atoms with van der Waals surface area (Å²) in [5, 5.41) is 0. The average molecular weight is 198 g/mol. The lowest BCUT2D eigenvalue weighted by molar-refractivity contribution is 0.985. The minimum Gasteiger partial charge on any atom is -0.265 e. The topological polar surface area (TPSA) is 25.8 Å². The first kappa shape index (κ1) is 9.84. The molecule has 2 aromatic rings. The Morgan fingerprint density at radius 1 is 1.07 bits per heavy atom. The summed E-state index contributed by atoms with van der Waals surface area (Å²) in [6, 6.07) is 8.21. The van der Waals surface area contributed by atoms with E-state index in [1.54, 1.807) is 0 Å². The van der Waals surface area contributed by atoms with Crippen LogP contribution in [0, 0.1) is 0 Å². The van der Waals surface area contributed by atoms with E-state index in [1.807, 2.05) is 36.8 Å². The van der Waals surface area contributed by atoms with Crippen molar-refractivity contribution in [2.75, 3.05) is 0 Å². The maximum absolute atomic E-state index is 4.42. The van der Waals surface area contributed by atoms with Gasteiger partial charge in [0, 0.05) is 30.7 Å². The molecule has 0 aliphatic rings. The van der Waals surface area contributed by atoms with Crippen LogP contribution in [0.1, 0.15) is 23.7 Å². The molecular formula is C13H14N2. The van der Waals surface area contributed by atoms with Crippen LogP contribution < -0.4 is 0 Å². The smallest absolute Gasteiger partial charge is 0.0479 e. The zero-order chi connectivity index (χ0) is 10.5. The molecule has 0 fully saturated rings. The fourth-order valence-electron chi connectivity index (χ4n) is 1.65. The minimum absolute atomic E-state index is 0.895. The first-order valence-corrected chi connectivity index (χ1v) is 5.22. The van der Waals surface area contributed by atoms with Crippen LogP contribution in [0.5, 0.6) is 0 Å². The molecule has 2 heteroatoms. The van der Waals surface area contributed by atoms with E-state index in [2.05, 4.69) is 23.0 Å². The normalized spacial score (nSPS) is 10.2. The first-order chi connectivity index (χ1) is 7.40. The molecule has 0 spiro atoms. The monoisotopic (exact) mass is 198 g/mol. The van der Waals surface area contributed by atoms with E-state index < -0.39 is 0 Å². The minimum atomic E-state index is 0.895. The van der Waals surface area contributed by atoms with Gasteiger partial charge in [-0.1, -0.05) is 13.0 Å². The maximum atomic E-state index is 4.42. The van der Waals surface area contributed by atoms with Crippen LogP contribution in [0.4, 0.5) is 0 Å². The Labute approximate surface area is 90.0 Å². The Kier molecular flexibility index (Phi) is 3.08. The van der Waals surface area contributed by atoms with Gasteiger partial charge < -0.3 is 0 Å². The van der Waals surface area contributed by atoms with Crippen LogP contribution in [0.25, 0.3) is 0 Å². The zero-order valence-corrected chi connectivity index (χ0v) is 8.85. The first-order valence-electron chi connectivity index (χ1n) is 5.22. The largest absolute Gasteiger partial charge is 0.265 e. The van der Waals surface area contributed by atoms with Crippen molar-refractivity contribution in [3.05, 3.63) is 59.7 Å². The molecule has 0 atom stereocenters. The quantitative estimate of drug-likeness (QED) is 0.757. The number of pyridine rings is 2. The molecule has 0 aliphatic carbocycles. The summed E-state index contributed by atoms with van der Waals surface area (Å²) in [5.41, 5.74) is 3.76. The van der Waals surface area contributed by atoms with Crippen molar-refractivity contribution in [3.63, 3.8) is 0 Å². The highest BCUT2D eigenvalue weighted by atomic mass is 14.7. The average Bonchev–Trinajstić information content (AvgIpc) is 2.31. The number of rotatable bonds is 3. The summed E-state index contributed by atoms with van der Waals surface area (Å²) in [7, 11) is 0. The van der Waals surface area contributed by atoms with Crippen molar-refractivity contribution < 1.29 is 0 Å². The van der Waals surface area contributed by atoms with Crippen molar-refractivity contribution in [1.29, 1.82) is 0 Å². The highest BCUT2D eigenvalue weighted by molar-refractivity contribution is 5.26. The van der Waals surface area contributed by atoms with Gasteiger partial charge >= 0.3 is 0 Å². The van der Waals surface area contributed by atoms with Gasteiger partial charge in [0.2, 0.25) is 0 Å². The van der Waals surface area contributed by atoms with Gasteiger partial charge in [0.1, 0.15) is 0 Å². The molecule has 0 saturated carbocycles. The van der Waals surface area contributed by atoms with Crippen molar-refractivity contribution in [3.8, 4) is 0 Å². The Morgan fingerprint density at radius 2 is 1.87 bits per heavy atom. The molecular weight excluding hydrogens is 184 g/mol. The van der Waals surface area contributed by atoms with Gasteiger partial charge in [-0.15, -0.1) is 0 Å². The van der Waals surface area contributed by atoms with Crippen molar-refractivity contribution in [1.82, 2.24) is 9.97 Å². The van der Waals surface area contributed by atoms with Gasteiger partial charge in [0.05, 0.1) is 0 Å². The molecule has 0 N–H and O–H groups in total. The molecule has 2 nitrogen and oxygen atoms in total. The summed E-state index contributed by atoms with van der Waals surface area (Å²) < 4.78 is 0. The van der Waals surface area contributed by atoms with E-state index in [0.29, 0.717) is 0 Å². The van der Waals surface area contributed by atoms with Gasteiger partial charge in [0.25, 0.3) is 0 Å². The molecule has 0 amide bonds. The van der Waals surface area contributed by atoms with E-state index >= 15 is 0 Å². The molecule has 0 saturated heterocycles. The molecule has 0 aliphatic heterocycles. The molecule has 0 bridgehead atoms. The maximum Gasteiger partial charge on any atom is 0.0479 e. The molecule has 76 valence electrons. The number of aryl methyl sites for hydroxylation is 1. The summed E-state index contributed by atoms with van der Waals surface area (Å²) in [6.07, 6.45) is 7.43. The van der Waals surface area contributed by atoms with Gasteiger partial charge in [-0.05, 0) is 35.7 Å². The number of nitrogens with zero attached hydrogens (tertiary/aromatic N) is 2. The lowest BCUT2D eigenvalue weighted by atomic mass is 10.0. The predicted octanol–water partition coefficient (Wildman–Crippen LogP) is 2.63. The standard InChI is InChI=1S/C13H14N2/c1-2-12-4-3-7-15-13(12)10-11-5-8-14-9-6-11/h3-9H,2,10H2,1H3. The Hall–Kier alpha value is -1.70. The fraction of sp³-hybridized carbons (Fsp3) is 0.231. The van der Waals surface area contributed by atoms with Crippen LogP contribution in [-0.4, -0.2) is 9.97 Å². The Bertz CT molecular complexity index is 424. The van der Waals surface area contributed by atoms with Crippen molar-refractivity contribution >= 4 is 0 Å². The Balaban J connectivity index is 2.24. The molecule has 0 aromatic carbocycles. The third-order valence-corrected chi connectivity index (χ3v) is 2.49. The van der Waals surface area contributed by atoms with E-state index in [0.717, 1.165) is 12.8 Å². The molecule has 0 unspecified atom stereocenters. The second-order valence-electron chi connectivity index (χ2n) is 3.50. The van der Waals surface area contributed by atoms with E-state index in [4.69, 9.17) is 0 Å². The highest BCUT2D eigenvalue weighted by Crippen LogP contribution is 2.11. The van der Waals surface area contributed by atoms with Gasteiger partial charge in [-0.25, -0.2) is 0 Å². The van der Waals surface area contributed by atoms with E-state index in [1.165, 1.54) is 16.8 Å². The van der Waals surface area contributed by atoms with Crippen LogP contribution in [0.15, 0.2) is 42.9 Å². The molecule has 0 radical (unpaired) electrons. The summed E-state index contributed by atoms with van der Waals surface area (Å²) >= 11 is 0. The summed E-state index contributed by atoms with van der Waals surface area (Å²) in [4.78, 5) is 8.43. The molecule has 2 aromatic heterocycles. The number of aromatic nitrogens is 2. The molecule has 2 rings (SSSR count). The van der Waals surface area contributed by atoms with Gasteiger partial charge in [-0.2, -0.15) is 0 Å². The van der Waals surface area contributed by atoms with Crippen LogP contribution in [-0.2, 0) is 12.8 Å². The third-order valence-electron chi connectivity index (χ3n) is 2.49. The second-order valence-corrected chi connectivity index (χ2v) is 3.50. The summed E-state index contributed by atoms with van der Waals surface area (Å²) in [6.45, 7) is 2.16. The lowest BCUT2D eigenvalue weighted by Gasteiger charge is -2.05. The van der Waals surface area contributed by atoms with E-state index in [-0.39, 0.29) is 0 Å². The van der Waals surface area contributed by atoms with E-state index in [9.17, 15) is 0 Å². The second kappa shape index (κ2) is 4.69. The lowest BCUT2D eigenvalue weighted by Crippen LogP contribution is -1.97. The third kappa shape index (κ3) is 2.40. The van der Waals surface area contributed by atoms with Crippen LogP contribution in [0.3, 0.4) is 0 Å². The van der Waals surface area contributed by atoms with Crippen molar-refractivity contribution in [2.45, 2.75) is 19.8 Å². The zero-order valence-electron chi connectivity index (χ0n) is 8.85. The SMILES string of the molecule is CCc1cccnc1Cc1ccncc1. The van der Waals surface area contributed by atoms with Gasteiger partial charge in [-0.3, -0.25) is 9.97 Å². The van der Waals surface area contributed by atoms with Gasteiger partial charge in [0.15, 0.2) is 0 Å².